The lowest BCUT2D eigenvalue weighted by Crippen LogP contribution is -2.30. The molecule has 6 heteroatoms. The minimum Gasteiger partial charge on any atom is -0.351 e. The van der Waals surface area contributed by atoms with Crippen LogP contribution in [0.2, 0.25) is 0 Å². The molecular formula is C23H29N3O3. The normalized spacial score (nSPS) is 10.6. The summed E-state index contributed by atoms with van der Waals surface area (Å²) in [5, 5.41) is 5.40. The Morgan fingerprint density at radius 3 is 2.31 bits per heavy atom. The van der Waals surface area contributed by atoms with Crippen molar-refractivity contribution < 1.29 is 14.4 Å². The van der Waals surface area contributed by atoms with Crippen molar-refractivity contribution in [3.8, 4) is 0 Å². The van der Waals surface area contributed by atoms with E-state index in [1.165, 1.54) is 5.56 Å². The summed E-state index contributed by atoms with van der Waals surface area (Å²) in [5.74, 6) is -0.136. The summed E-state index contributed by atoms with van der Waals surface area (Å²) >= 11 is 0. The van der Waals surface area contributed by atoms with Gasteiger partial charge in [-0.2, -0.15) is 0 Å². The smallest absolute Gasteiger partial charge is 0.253 e. The van der Waals surface area contributed by atoms with Gasteiger partial charge in [-0.3, -0.25) is 14.4 Å². The molecule has 0 aromatic heterocycles. The minimum absolute atomic E-state index is 0.0470. The zero-order valence-corrected chi connectivity index (χ0v) is 17.0. The Morgan fingerprint density at radius 1 is 0.966 bits per heavy atom. The van der Waals surface area contributed by atoms with Crippen molar-refractivity contribution in [2.45, 2.75) is 33.1 Å². The largest absolute Gasteiger partial charge is 0.351 e. The number of para-hydroxylation sites is 1. The number of carbonyl (C=O) groups is 3. The number of carbonyl (C=O) groups excluding carboxylic acids is 3. The maximum absolute atomic E-state index is 12.4. The van der Waals surface area contributed by atoms with Crippen molar-refractivity contribution in [1.82, 2.24) is 5.32 Å². The molecule has 0 unspecified atom stereocenters. The summed E-state index contributed by atoms with van der Waals surface area (Å²) in [6, 6.07) is 14.3. The molecule has 0 saturated carbocycles. The van der Waals surface area contributed by atoms with E-state index in [1.54, 1.807) is 24.3 Å². The van der Waals surface area contributed by atoms with Crippen LogP contribution in [0.1, 0.15) is 53.0 Å². The van der Waals surface area contributed by atoms with Gasteiger partial charge >= 0.3 is 0 Å². The molecule has 0 aliphatic heterocycles. The number of hydrogen-bond donors (Lipinski definition) is 3. The van der Waals surface area contributed by atoms with E-state index in [-0.39, 0.29) is 30.4 Å². The van der Waals surface area contributed by atoms with Gasteiger partial charge in [0, 0.05) is 31.5 Å². The van der Waals surface area contributed by atoms with Crippen molar-refractivity contribution in [3.63, 3.8) is 0 Å². The van der Waals surface area contributed by atoms with Crippen LogP contribution in [0.25, 0.3) is 0 Å². The van der Waals surface area contributed by atoms with Crippen LogP contribution in [0.15, 0.2) is 48.5 Å². The molecule has 0 saturated heterocycles. The molecule has 0 fully saturated rings. The van der Waals surface area contributed by atoms with Crippen LogP contribution in [0, 0.1) is 5.92 Å². The number of Topliss-reactive ketones (excluding diaryl/α,β-unsaturated/α-hetero) is 1. The highest BCUT2D eigenvalue weighted by Gasteiger charge is 2.14. The molecule has 2 rings (SSSR count). The Labute approximate surface area is 171 Å². The van der Waals surface area contributed by atoms with Gasteiger partial charge in [-0.1, -0.05) is 50.2 Å². The molecule has 29 heavy (non-hydrogen) atoms. The maximum Gasteiger partial charge on any atom is 0.253 e. The lowest BCUT2D eigenvalue weighted by molar-refractivity contribution is -0.116. The van der Waals surface area contributed by atoms with E-state index in [0.717, 1.165) is 6.42 Å². The van der Waals surface area contributed by atoms with Gasteiger partial charge in [0.25, 0.3) is 5.91 Å². The summed E-state index contributed by atoms with van der Waals surface area (Å²) in [6.07, 6.45) is 1.12. The van der Waals surface area contributed by atoms with Gasteiger partial charge in [0.15, 0.2) is 5.78 Å². The van der Waals surface area contributed by atoms with Crippen molar-refractivity contribution >= 4 is 23.3 Å². The predicted molar refractivity (Wildman–Crippen MR) is 115 cm³/mol. The molecule has 154 valence electrons. The van der Waals surface area contributed by atoms with E-state index < -0.39 is 0 Å². The fourth-order valence-electron chi connectivity index (χ4n) is 2.95. The molecule has 0 heterocycles. The predicted octanol–water partition coefficient (Wildman–Crippen LogP) is 3.18. The van der Waals surface area contributed by atoms with Crippen molar-refractivity contribution in [1.29, 1.82) is 0 Å². The molecule has 0 aliphatic carbocycles. The van der Waals surface area contributed by atoms with Gasteiger partial charge in [0.1, 0.15) is 0 Å². The summed E-state index contributed by atoms with van der Waals surface area (Å²) in [7, 11) is 0. The van der Waals surface area contributed by atoms with E-state index in [2.05, 4.69) is 24.5 Å². The number of nitrogens with one attached hydrogen (secondary N) is 2. The molecule has 0 spiro atoms. The number of anilines is 1. The number of benzene rings is 2. The molecule has 6 nitrogen and oxygen atoms in total. The first-order valence-corrected chi connectivity index (χ1v) is 9.90. The van der Waals surface area contributed by atoms with Crippen LogP contribution in [0.3, 0.4) is 0 Å². The van der Waals surface area contributed by atoms with E-state index in [4.69, 9.17) is 5.73 Å². The van der Waals surface area contributed by atoms with Crippen LogP contribution in [0.5, 0.6) is 0 Å². The van der Waals surface area contributed by atoms with Gasteiger partial charge in [-0.15, -0.1) is 0 Å². The van der Waals surface area contributed by atoms with Gasteiger partial charge < -0.3 is 16.4 Å². The topological polar surface area (TPSA) is 101 Å². The highest BCUT2D eigenvalue weighted by atomic mass is 16.2. The van der Waals surface area contributed by atoms with E-state index >= 15 is 0 Å². The van der Waals surface area contributed by atoms with Crippen LogP contribution in [-0.4, -0.2) is 30.7 Å². The first-order chi connectivity index (χ1) is 13.9. The Bertz CT molecular complexity index is 845. The number of hydrogen-bond acceptors (Lipinski definition) is 4. The van der Waals surface area contributed by atoms with Gasteiger partial charge in [0.05, 0.1) is 11.3 Å². The monoisotopic (exact) mass is 395 g/mol. The molecular weight excluding hydrogens is 366 g/mol. The van der Waals surface area contributed by atoms with E-state index in [0.29, 0.717) is 35.8 Å². The molecule has 0 bridgehead atoms. The third-order valence-corrected chi connectivity index (χ3v) is 4.37. The zero-order valence-electron chi connectivity index (χ0n) is 17.0. The second-order valence-electron chi connectivity index (χ2n) is 7.36. The standard InChI is InChI=1S/C23H29N3O3/c1-16(2)15-17-7-9-18(10-8-17)21(27)11-12-22(28)26-20-6-4-3-5-19(20)23(29)25-14-13-24/h3-10,16H,11-15,24H2,1-2H3,(H,25,29)(H,26,28). The molecule has 2 aromatic rings. The molecule has 0 aliphatic rings. The third-order valence-electron chi connectivity index (χ3n) is 4.37. The first-order valence-electron chi connectivity index (χ1n) is 9.90. The van der Waals surface area contributed by atoms with Gasteiger partial charge in [-0.25, -0.2) is 0 Å². The average Bonchev–Trinajstić information content (AvgIpc) is 2.70. The Morgan fingerprint density at radius 2 is 1.66 bits per heavy atom. The number of rotatable bonds is 10. The van der Waals surface area contributed by atoms with Gasteiger partial charge in [-0.05, 0) is 30.0 Å². The number of amides is 2. The summed E-state index contributed by atoms with van der Waals surface area (Å²) in [5.41, 5.74) is 7.98. The molecule has 4 N–H and O–H groups in total. The molecule has 2 aromatic carbocycles. The van der Waals surface area contributed by atoms with E-state index in [1.807, 2.05) is 24.3 Å². The van der Waals surface area contributed by atoms with Crippen molar-refractivity contribution in [3.05, 3.63) is 65.2 Å². The lowest BCUT2D eigenvalue weighted by atomic mass is 9.99. The molecule has 0 atom stereocenters. The highest BCUT2D eigenvalue weighted by Crippen LogP contribution is 2.16. The Balaban J connectivity index is 1.91. The second kappa shape index (κ2) is 11.1. The zero-order chi connectivity index (χ0) is 21.2. The number of nitrogens with two attached hydrogens (primary N) is 1. The number of ketones is 1. The molecule has 2 amide bonds. The van der Waals surface area contributed by atoms with Crippen molar-refractivity contribution in [2.24, 2.45) is 11.7 Å². The SMILES string of the molecule is CC(C)Cc1ccc(C(=O)CCC(=O)Nc2ccccc2C(=O)NCCN)cc1. The Hall–Kier alpha value is -2.99. The average molecular weight is 396 g/mol. The van der Waals surface area contributed by atoms with Crippen LogP contribution < -0.4 is 16.4 Å². The van der Waals surface area contributed by atoms with Gasteiger partial charge in [0.2, 0.25) is 5.91 Å². The van der Waals surface area contributed by atoms with Crippen LogP contribution >= 0.6 is 0 Å². The minimum atomic E-state index is -0.311. The molecule has 0 radical (unpaired) electrons. The first kappa shape index (κ1) is 22.3. The Kier molecular flexibility index (Phi) is 8.55. The van der Waals surface area contributed by atoms with Crippen molar-refractivity contribution in [2.75, 3.05) is 18.4 Å². The highest BCUT2D eigenvalue weighted by molar-refractivity contribution is 6.05. The third kappa shape index (κ3) is 7.16. The quantitative estimate of drug-likeness (QED) is 0.538. The summed E-state index contributed by atoms with van der Waals surface area (Å²) in [6.45, 7) is 4.99. The van der Waals surface area contributed by atoms with Crippen LogP contribution in [-0.2, 0) is 11.2 Å². The fourth-order valence-corrected chi connectivity index (χ4v) is 2.95. The second-order valence-corrected chi connectivity index (χ2v) is 7.36. The van der Waals surface area contributed by atoms with E-state index in [9.17, 15) is 14.4 Å². The summed E-state index contributed by atoms with van der Waals surface area (Å²) in [4.78, 5) is 36.8. The maximum atomic E-state index is 12.4. The van der Waals surface area contributed by atoms with Crippen LogP contribution in [0.4, 0.5) is 5.69 Å². The lowest BCUT2D eigenvalue weighted by Gasteiger charge is -2.11. The summed E-state index contributed by atoms with van der Waals surface area (Å²) < 4.78 is 0. The fraction of sp³-hybridized carbons (Fsp3) is 0.348.